The van der Waals surface area contributed by atoms with Crippen molar-refractivity contribution in [2.45, 2.75) is 26.7 Å². The summed E-state index contributed by atoms with van der Waals surface area (Å²) >= 11 is 0. The maximum atomic E-state index is 5.79. The highest BCUT2D eigenvalue weighted by Crippen LogP contribution is 2.32. The average molecular weight is 335 g/mol. The lowest BCUT2D eigenvalue weighted by molar-refractivity contribution is 0.288. The summed E-state index contributed by atoms with van der Waals surface area (Å²) in [6.07, 6.45) is 12.9. The zero-order chi connectivity index (χ0) is 17.5. The molecule has 0 amide bonds. The number of rotatable bonds is 4. The molecule has 1 aliphatic carbocycles. The van der Waals surface area contributed by atoms with Crippen molar-refractivity contribution in [2.75, 3.05) is 6.61 Å². The smallest absolute Gasteiger partial charge is 0.224 e. The highest BCUT2D eigenvalue weighted by atomic mass is 16.5. The Balaban J connectivity index is 0.000000219. The SMILES string of the molecule is Cc1cccnc1.Cc1ncc(-c2cncnc2)c(OCC2CC2)n1. The Bertz CT molecular complexity index is 791. The predicted octanol–water partition coefficient (Wildman–Crippen LogP) is 3.42. The van der Waals surface area contributed by atoms with E-state index in [4.69, 9.17) is 4.74 Å². The Labute approximate surface area is 147 Å². The maximum absolute atomic E-state index is 5.79. The van der Waals surface area contributed by atoms with Gasteiger partial charge in [-0.1, -0.05) is 6.07 Å². The Hall–Kier alpha value is -2.89. The largest absolute Gasteiger partial charge is 0.477 e. The zero-order valence-corrected chi connectivity index (χ0v) is 14.5. The second-order valence-electron chi connectivity index (χ2n) is 6.05. The molecule has 1 fully saturated rings. The lowest BCUT2D eigenvalue weighted by atomic mass is 10.2. The molecule has 0 bridgehead atoms. The van der Waals surface area contributed by atoms with E-state index in [-0.39, 0.29) is 0 Å². The van der Waals surface area contributed by atoms with Crippen molar-refractivity contribution in [1.82, 2.24) is 24.9 Å². The molecule has 3 aromatic rings. The molecule has 0 unspecified atom stereocenters. The summed E-state index contributed by atoms with van der Waals surface area (Å²) in [6.45, 7) is 4.61. The van der Waals surface area contributed by atoms with Gasteiger partial charge in [-0.15, -0.1) is 0 Å². The molecule has 3 aromatic heterocycles. The molecule has 0 spiro atoms. The Morgan fingerprint density at radius 1 is 1.04 bits per heavy atom. The minimum Gasteiger partial charge on any atom is -0.477 e. The quantitative estimate of drug-likeness (QED) is 0.727. The van der Waals surface area contributed by atoms with Gasteiger partial charge < -0.3 is 4.74 Å². The van der Waals surface area contributed by atoms with E-state index < -0.39 is 0 Å². The summed E-state index contributed by atoms with van der Waals surface area (Å²) in [5, 5.41) is 0. The molecule has 6 heteroatoms. The van der Waals surface area contributed by atoms with Crippen molar-refractivity contribution in [3.8, 4) is 17.0 Å². The van der Waals surface area contributed by atoms with Crippen LogP contribution in [0.15, 0.2) is 49.4 Å². The molecule has 0 atom stereocenters. The molecule has 128 valence electrons. The molecule has 0 N–H and O–H groups in total. The van der Waals surface area contributed by atoms with E-state index in [0.29, 0.717) is 17.6 Å². The van der Waals surface area contributed by atoms with Crippen LogP contribution in [-0.2, 0) is 0 Å². The van der Waals surface area contributed by atoms with Crippen LogP contribution >= 0.6 is 0 Å². The van der Waals surface area contributed by atoms with Crippen LogP contribution in [0.4, 0.5) is 0 Å². The van der Waals surface area contributed by atoms with Gasteiger partial charge in [0.1, 0.15) is 12.2 Å². The molecule has 0 radical (unpaired) electrons. The summed E-state index contributed by atoms with van der Waals surface area (Å²) in [7, 11) is 0. The van der Waals surface area contributed by atoms with Crippen molar-refractivity contribution >= 4 is 0 Å². The van der Waals surface area contributed by atoms with Gasteiger partial charge in [0.2, 0.25) is 5.88 Å². The van der Waals surface area contributed by atoms with Crippen molar-refractivity contribution in [1.29, 1.82) is 0 Å². The van der Waals surface area contributed by atoms with Gasteiger partial charge in [-0.2, -0.15) is 4.98 Å². The summed E-state index contributed by atoms with van der Waals surface area (Å²) in [5.41, 5.74) is 2.94. The van der Waals surface area contributed by atoms with Crippen molar-refractivity contribution in [3.05, 3.63) is 60.8 Å². The van der Waals surface area contributed by atoms with Gasteiger partial charge >= 0.3 is 0 Å². The van der Waals surface area contributed by atoms with E-state index in [9.17, 15) is 0 Å². The van der Waals surface area contributed by atoms with Crippen LogP contribution in [0.5, 0.6) is 5.88 Å². The van der Waals surface area contributed by atoms with Crippen LogP contribution in [0.3, 0.4) is 0 Å². The van der Waals surface area contributed by atoms with Crippen LogP contribution in [0.1, 0.15) is 24.2 Å². The third-order valence-corrected chi connectivity index (χ3v) is 3.71. The van der Waals surface area contributed by atoms with Gasteiger partial charge in [0.15, 0.2) is 0 Å². The molecule has 4 rings (SSSR count). The minimum atomic E-state index is 0.629. The van der Waals surface area contributed by atoms with Crippen LogP contribution in [-0.4, -0.2) is 31.5 Å². The lowest BCUT2D eigenvalue weighted by Gasteiger charge is -2.09. The average Bonchev–Trinajstić information content (AvgIpc) is 3.46. The Kier molecular flexibility index (Phi) is 5.61. The first-order valence-corrected chi connectivity index (χ1v) is 8.31. The monoisotopic (exact) mass is 335 g/mol. The van der Waals surface area contributed by atoms with E-state index in [1.807, 2.05) is 32.2 Å². The van der Waals surface area contributed by atoms with E-state index >= 15 is 0 Å². The fourth-order valence-corrected chi connectivity index (χ4v) is 2.12. The minimum absolute atomic E-state index is 0.629. The first kappa shape index (κ1) is 17.0. The molecule has 6 nitrogen and oxygen atoms in total. The second kappa shape index (κ2) is 8.28. The van der Waals surface area contributed by atoms with Gasteiger partial charge in [0, 0.05) is 36.5 Å². The first-order chi connectivity index (χ1) is 12.2. The molecule has 0 saturated heterocycles. The third-order valence-electron chi connectivity index (χ3n) is 3.71. The normalized spacial score (nSPS) is 12.9. The second-order valence-corrected chi connectivity index (χ2v) is 6.05. The molecule has 3 heterocycles. The lowest BCUT2D eigenvalue weighted by Crippen LogP contribution is -2.04. The summed E-state index contributed by atoms with van der Waals surface area (Å²) in [5.74, 6) is 2.03. The number of pyridine rings is 1. The van der Waals surface area contributed by atoms with Gasteiger partial charge in [-0.3, -0.25) is 4.98 Å². The number of nitrogens with zero attached hydrogens (tertiary/aromatic N) is 5. The summed E-state index contributed by atoms with van der Waals surface area (Å²) in [4.78, 5) is 20.5. The fraction of sp³-hybridized carbons (Fsp3) is 0.316. The van der Waals surface area contributed by atoms with Gasteiger partial charge in [0.25, 0.3) is 0 Å². The molecule has 0 aliphatic heterocycles. The third kappa shape index (κ3) is 5.31. The van der Waals surface area contributed by atoms with E-state index in [0.717, 1.165) is 17.7 Å². The summed E-state index contributed by atoms with van der Waals surface area (Å²) in [6, 6.07) is 3.95. The Morgan fingerprint density at radius 3 is 2.44 bits per heavy atom. The highest BCUT2D eigenvalue weighted by Gasteiger charge is 2.23. The molecule has 1 saturated carbocycles. The van der Waals surface area contributed by atoms with Gasteiger partial charge in [-0.05, 0) is 44.2 Å². The molecular weight excluding hydrogens is 314 g/mol. The maximum Gasteiger partial charge on any atom is 0.224 e. The molecule has 0 aromatic carbocycles. The summed E-state index contributed by atoms with van der Waals surface area (Å²) < 4.78 is 5.79. The Morgan fingerprint density at radius 2 is 1.84 bits per heavy atom. The van der Waals surface area contributed by atoms with Gasteiger partial charge in [0.05, 0.1) is 12.2 Å². The number of hydrogen-bond acceptors (Lipinski definition) is 6. The van der Waals surface area contributed by atoms with Crippen LogP contribution in [0, 0.1) is 19.8 Å². The van der Waals surface area contributed by atoms with E-state index in [1.165, 1.54) is 24.7 Å². The number of hydrogen-bond donors (Lipinski definition) is 0. The van der Waals surface area contributed by atoms with Crippen molar-refractivity contribution in [3.63, 3.8) is 0 Å². The standard InChI is InChI=1S/C13H14N4O.C6H7N/c1-9-16-6-12(11-4-14-8-15-5-11)13(17-9)18-7-10-2-3-10;1-6-3-2-4-7-5-6/h4-6,8,10H,2-3,7H2,1H3;2-5H,1H3. The topological polar surface area (TPSA) is 73.7 Å². The first-order valence-electron chi connectivity index (χ1n) is 8.31. The van der Waals surface area contributed by atoms with E-state index in [1.54, 1.807) is 24.8 Å². The fourth-order valence-electron chi connectivity index (χ4n) is 2.12. The molecule has 1 aliphatic rings. The highest BCUT2D eigenvalue weighted by molar-refractivity contribution is 5.65. The predicted molar refractivity (Wildman–Crippen MR) is 95.0 cm³/mol. The number of ether oxygens (including phenoxy) is 1. The molecule has 25 heavy (non-hydrogen) atoms. The zero-order valence-electron chi connectivity index (χ0n) is 14.5. The number of aryl methyl sites for hydroxylation is 2. The number of aromatic nitrogens is 5. The van der Waals surface area contributed by atoms with E-state index in [2.05, 4.69) is 24.9 Å². The van der Waals surface area contributed by atoms with Crippen LogP contribution in [0.25, 0.3) is 11.1 Å². The van der Waals surface area contributed by atoms with Crippen molar-refractivity contribution in [2.24, 2.45) is 5.92 Å². The van der Waals surface area contributed by atoms with Crippen LogP contribution < -0.4 is 4.74 Å². The van der Waals surface area contributed by atoms with Crippen molar-refractivity contribution < 1.29 is 4.74 Å². The van der Waals surface area contributed by atoms with Crippen LogP contribution in [0.2, 0.25) is 0 Å². The van der Waals surface area contributed by atoms with Gasteiger partial charge in [-0.25, -0.2) is 15.0 Å². The molecular formula is C19H21N5O.